The second-order valence-corrected chi connectivity index (χ2v) is 2.37. The molecule has 0 spiro atoms. The monoisotopic (exact) mass is 159 g/mol. The van der Waals surface area contributed by atoms with Crippen LogP contribution in [0.5, 0.6) is 0 Å². The highest BCUT2D eigenvalue weighted by Gasteiger charge is 2.23. The molecule has 0 amide bonds. The van der Waals surface area contributed by atoms with Crippen molar-refractivity contribution in [3.05, 3.63) is 0 Å². The van der Waals surface area contributed by atoms with Crippen molar-refractivity contribution in [3.8, 4) is 6.07 Å². The topological polar surface area (TPSA) is 62.5 Å². The largest absolute Gasteiger partial charge is 0.396 e. The summed E-state index contributed by atoms with van der Waals surface area (Å²) in [5.41, 5.74) is -0.926. The Morgan fingerprint density at radius 1 is 1.64 bits per heavy atom. The zero-order chi connectivity index (χ0) is 8.74. The lowest BCUT2D eigenvalue weighted by molar-refractivity contribution is -0.103. The first kappa shape index (κ1) is 10.4. The summed E-state index contributed by atoms with van der Waals surface area (Å²) in [7, 11) is 1.48. The summed E-state index contributed by atoms with van der Waals surface area (Å²) in [6.07, 6.45) is 0.298. The Balaban J connectivity index is 3.81. The number of aliphatic hydroxyl groups excluding tert-OH is 1. The molecule has 1 N–H and O–H groups in total. The van der Waals surface area contributed by atoms with Gasteiger partial charge in [0, 0.05) is 20.1 Å². The number of hydrogen-bond acceptors (Lipinski definition) is 4. The number of rotatable bonds is 5. The Kier molecular flexibility index (Phi) is 4.79. The molecule has 4 heteroatoms. The van der Waals surface area contributed by atoms with Crippen molar-refractivity contribution in [1.29, 1.82) is 5.26 Å². The molecule has 0 aliphatic rings. The molecule has 0 rings (SSSR count). The molecule has 11 heavy (non-hydrogen) atoms. The molecule has 0 radical (unpaired) electrons. The summed E-state index contributed by atoms with van der Waals surface area (Å²) in [5.74, 6) is 0. The Hall–Kier alpha value is -0.630. The van der Waals surface area contributed by atoms with Gasteiger partial charge in [-0.15, -0.1) is 0 Å². The van der Waals surface area contributed by atoms with Gasteiger partial charge < -0.3 is 14.6 Å². The number of nitriles is 1. The highest BCUT2D eigenvalue weighted by atomic mass is 16.7. The lowest BCUT2D eigenvalue weighted by atomic mass is 10.1. The number of aliphatic hydroxyl groups is 1. The van der Waals surface area contributed by atoms with E-state index in [1.807, 2.05) is 6.07 Å². The zero-order valence-corrected chi connectivity index (χ0v) is 6.83. The van der Waals surface area contributed by atoms with Crippen LogP contribution in [0.4, 0.5) is 0 Å². The first-order valence-corrected chi connectivity index (χ1v) is 3.33. The van der Waals surface area contributed by atoms with Crippen molar-refractivity contribution in [1.82, 2.24) is 0 Å². The van der Waals surface area contributed by atoms with Crippen LogP contribution in [0.2, 0.25) is 0 Å². The first-order valence-electron chi connectivity index (χ1n) is 3.33. The molecule has 0 bridgehead atoms. The van der Waals surface area contributed by atoms with E-state index < -0.39 is 5.60 Å². The molecule has 0 aromatic carbocycles. The Morgan fingerprint density at radius 2 is 2.27 bits per heavy atom. The number of hydrogen-bond donors (Lipinski definition) is 1. The Morgan fingerprint density at radius 3 is 2.64 bits per heavy atom. The molecule has 0 aliphatic carbocycles. The van der Waals surface area contributed by atoms with Gasteiger partial charge in [0.2, 0.25) is 0 Å². The van der Waals surface area contributed by atoms with Crippen molar-refractivity contribution in [2.45, 2.75) is 18.9 Å². The van der Waals surface area contributed by atoms with Crippen LogP contribution in [-0.2, 0) is 9.47 Å². The third kappa shape index (κ3) is 3.94. The number of methoxy groups -OCH3 is 1. The molecule has 0 saturated carbocycles. The van der Waals surface area contributed by atoms with Crippen LogP contribution >= 0.6 is 0 Å². The van der Waals surface area contributed by atoms with Crippen molar-refractivity contribution in [2.24, 2.45) is 0 Å². The van der Waals surface area contributed by atoms with E-state index in [9.17, 15) is 0 Å². The van der Waals surface area contributed by atoms with Gasteiger partial charge in [-0.1, -0.05) is 0 Å². The third-order valence-corrected chi connectivity index (χ3v) is 1.32. The molecule has 64 valence electrons. The highest BCUT2D eigenvalue weighted by molar-refractivity contribution is 4.97. The van der Waals surface area contributed by atoms with Gasteiger partial charge in [-0.3, -0.25) is 0 Å². The van der Waals surface area contributed by atoms with Crippen molar-refractivity contribution >= 4 is 0 Å². The van der Waals surface area contributed by atoms with Gasteiger partial charge in [0.1, 0.15) is 6.79 Å². The van der Waals surface area contributed by atoms with Gasteiger partial charge in [0.15, 0.2) is 5.60 Å². The lowest BCUT2D eigenvalue weighted by Gasteiger charge is -2.19. The maximum absolute atomic E-state index is 8.60. The molecular weight excluding hydrogens is 146 g/mol. The van der Waals surface area contributed by atoms with Crippen LogP contribution < -0.4 is 0 Å². The average Bonchev–Trinajstić information content (AvgIpc) is 2.02. The van der Waals surface area contributed by atoms with Crippen molar-refractivity contribution < 1.29 is 14.6 Å². The molecule has 1 atom stereocenters. The van der Waals surface area contributed by atoms with E-state index in [1.165, 1.54) is 7.11 Å². The maximum atomic E-state index is 8.60. The van der Waals surface area contributed by atoms with Crippen LogP contribution in [0.25, 0.3) is 0 Å². The molecule has 0 saturated heterocycles. The minimum Gasteiger partial charge on any atom is -0.396 e. The molecular formula is C7H13NO3. The molecule has 0 aromatic rings. The summed E-state index contributed by atoms with van der Waals surface area (Å²) < 4.78 is 9.66. The fourth-order valence-corrected chi connectivity index (χ4v) is 0.563. The molecule has 0 fully saturated rings. The molecule has 0 aliphatic heterocycles. The lowest BCUT2D eigenvalue weighted by Crippen LogP contribution is -2.28. The van der Waals surface area contributed by atoms with Crippen molar-refractivity contribution in [2.75, 3.05) is 20.5 Å². The van der Waals surface area contributed by atoms with Crippen LogP contribution in [0.3, 0.4) is 0 Å². The maximum Gasteiger partial charge on any atom is 0.156 e. The van der Waals surface area contributed by atoms with Crippen LogP contribution in [0.1, 0.15) is 13.3 Å². The number of ether oxygens (including phenoxy) is 2. The van der Waals surface area contributed by atoms with Gasteiger partial charge in [-0.05, 0) is 6.92 Å². The van der Waals surface area contributed by atoms with Gasteiger partial charge in [-0.25, -0.2) is 0 Å². The fraction of sp³-hybridized carbons (Fsp3) is 0.857. The zero-order valence-electron chi connectivity index (χ0n) is 6.83. The van der Waals surface area contributed by atoms with E-state index in [-0.39, 0.29) is 13.4 Å². The van der Waals surface area contributed by atoms with E-state index >= 15 is 0 Å². The summed E-state index contributed by atoms with van der Waals surface area (Å²) in [6, 6.07) is 1.95. The first-order chi connectivity index (χ1) is 5.18. The van der Waals surface area contributed by atoms with Crippen LogP contribution in [0.15, 0.2) is 0 Å². The summed E-state index contributed by atoms with van der Waals surface area (Å²) in [6.45, 7) is 1.63. The second-order valence-electron chi connectivity index (χ2n) is 2.37. The standard InChI is InChI=1S/C7H13NO3/c1-7(5-8,3-4-9)11-6-10-2/h9H,3-4,6H2,1-2H3. The smallest absolute Gasteiger partial charge is 0.156 e. The minimum atomic E-state index is -0.926. The quantitative estimate of drug-likeness (QED) is 0.585. The van der Waals surface area contributed by atoms with Gasteiger partial charge in [0.05, 0.1) is 6.07 Å². The normalized spacial score (nSPS) is 15.5. The van der Waals surface area contributed by atoms with E-state index in [0.717, 1.165) is 0 Å². The van der Waals surface area contributed by atoms with Gasteiger partial charge in [-0.2, -0.15) is 5.26 Å². The second kappa shape index (κ2) is 5.08. The summed E-state index contributed by atoms with van der Waals surface area (Å²) >= 11 is 0. The number of nitrogens with zero attached hydrogens (tertiary/aromatic N) is 1. The predicted molar refractivity (Wildman–Crippen MR) is 38.7 cm³/mol. The van der Waals surface area contributed by atoms with Crippen molar-refractivity contribution in [3.63, 3.8) is 0 Å². The van der Waals surface area contributed by atoms with Crippen LogP contribution in [-0.4, -0.2) is 31.2 Å². The van der Waals surface area contributed by atoms with E-state index in [4.69, 9.17) is 15.1 Å². The summed E-state index contributed by atoms with van der Waals surface area (Å²) in [4.78, 5) is 0. The molecule has 0 aromatic heterocycles. The SMILES string of the molecule is COCOC(C)(C#N)CCO. The van der Waals surface area contributed by atoms with Gasteiger partial charge >= 0.3 is 0 Å². The Bertz CT molecular complexity index is 143. The van der Waals surface area contributed by atoms with Crippen LogP contribution in [0, 0.1) is 11.3 Å². The molecule has 4 nitrogen and oxygen atoms in total. The predicted octanol–water partition coefficient (Wildman–Crippen LogP) is 0.272. The van der Waals surface area contributed by atoms with Gasteiger partial charge in [0.25, 0.3) is 0 Å². The van der Waals surface area contributed by atoms with E-state index in [1.54, 1.807) is 6.92 Å². The third-order valence-electron chi connectivity index (χ3n) is 1.32. The molecule has 0 heterocycles. The highest BCUT2D eigenvalue weighted by Crippen LogP contribution is 2.12. The minimum absolute atomic E-state index is 0.0617. The van der Waals surface area contributed by atoms with E-state index in [0.29, 0.717) is 6.42 Å². The average molecular weight is 159 g/mol. The Labute approximate surface area is 66.3 Å². The summed E-state index contributed by atoms with van der Waals surface area (Å²) in [5, 5.41) is 17.2. The molecule has 1 unspecified atom stereocenters. The van der Waals surface area contributed by atoms with E-state index in [2.05, 4.69) is 4.74 Å². The fourth-order valence-electron chi connectivity index (χ4n) is 0.563.